The number of nitrogens with two attached hydrogens (primary N) is 1. The number of hydrogen-bond acceptors (Lipinski definition) is 4. The molecule has 2 heterocycles. The van der Waals surface area contributed by atoms with Gasteiger partial charge in [-0.05, 0) is 40.0 Å². The molecule has 1 amide bonds. The van der Waals surface area contributed by atoms with E-state index in [2.05, 4.69) is 5.10 Å². The molecule has 2 atom stereocenters. The summed E-state index contributed by atoms with van der Waals surface area (Å²) in [6.07, 6.45) is 1.28. The molecule has 0 aromatic carbocycles. The van der Waals surface area contributed by atoms with Crippen molar-refractivity contribution < 1.29 is 9.53 Å². The minimum Gasteiger partial charge on any atom is -0.444 e. The summed E-state index contributed by atoms with van der Waals surface area (Å²) in [6.45, 7) is 8.82. The number of rotatable bonds is 3. The normalized spacial score (nSPS) is 20.0. The number of nitrogens with zero attached hydrogens (tertiary/aromatic N) is 3. The Morgan fingerprint density at radius 3 is 2.70 bits per heavy atom. The molecule has 7 heteroatoms. The van der Waals surface area contributed by atoms with E-state index in [1.54, 1.807) is 9.58 Å². The lowest BCUT2D eigenvalue weighted by molar-refractivity contribution is 0.0286. The van der Waals surface area contributed by atoms with E-state index in [-0.39, 0.29) is 18.1 Å². The molecule has 0 radical (unpaired) electrons. The Morgan fingerprint density at radius 2 is 2.17 bits per heavy atom. The molecule has 1 aliphatic rings. The number of ether oxygens (including phenoxy) is 1. The van der Waals surface area contributed by atoms with Crippen LogP contribution in [0.1, 0.15) is 38.6 Å². The zero-order chi connectivity index (χ0) is 17.4. The first kappa shape index (κ1) is 18.1. The van der Waals surface area contributed by atoms with E-state index in [0.717, 1.165) is 17.8 Å². The van der Waals surface area contributed by atoms with Gasteiger partial charge in [-0.2, -0.15) is 5.10 Å². The molecular weight excluding hydrogens is 316 g/mol. The van der Waals surface area contributed by atoms with Crippen LogP contribution in [0.2, 0.25) is 5.02 Å². The van der Waals surface area contributed by atoms with Crippen LogP contribution in [0.4, 0.5) is 4.79 Å². The van der Waals surface area contributed by atoms with Gasteiger partial charge in [0.2, 0.25) is 0 Å². The number of amides is 1. The average molecular weight is 343 g/mol. The fourth-order valence-corrected chi connectivity index (χ4v) is 3.16. The summed E-state index contributed by atoms with van der Waals surface area (Å²) in [5, 5.41) is 5.00. The first-order chi connectivity index (χ1) is 10.6. The number of likely N-dealkylation sites (tertiary alicyclic amines) is 1. The lowest BCUT2D eigenvalue weighted by atomic mass is 9.95. The van der Waals surface area contributed by atoms with Crippen molar-refractivity contribution in [2.75, 3.05) is 13.1 Å². The van der Waals surface area contributed by atoms with Crippen LogP contribution in [-0.4, -0.2) is 45.5 Å². The predicted molar refractivity (Wildman–Crippen MR) is 90.5 cm³/mol. The Hall–Kier alpha value is -1.27. The number of carbonyl (C=O) groups excluding carboxylic acids is 1. The monoisotopic (exact) mass is 342 g/mol. The first-order valence-electron chi connectivity index (χ1n) is 8.00. The van der Waals surface area contributed by atoms with Crippen molar-refractivity contribution in [3.63, 3.8) is 0 Å². The highest BCUT2D eigenvalue weighted by atomic mass is 35.5. The second-order valence-corrected chi connectivity index (χ2v) is 7.69. The molecule has 0 spiro atoms. The van der Waals surface area contributed by atoms with Gasteiger partial charge >= 0.3 is 6.09 Å². The SMILES string of the molecule is Cc1nn(C)c(CC(N)C2CCN(C(=O)OC(C)(C)C)C2)c1Cl. The van der Waals surface area contributed by atoms with Crippen LogP contribution >= 0.6 is 11.6 Å². The molecule has 2 N–H and O–H groups in total. The molecule has 0 aliphatic carbocycles. The zero-order valence-corrected chi connectivity index (χ0v) is 15.4. The topological polar surface area (TPSA) is 73.4 Å². The maximum Gasteiger partial charge on any atom is 0.410 e. The van der Waals surface area contributed by atoms with Gasteiger partial charge in [0, 0.05) is 32.6 Å². The summed E-state index contributed by atoms with van der Waals surface area (Å²) >= 11 is 6.29. The fraction of sp³-hybridized carbons (Fsp3) is 0.750. The number of aromatic nitrogens is 2. The van der Waals surface area contributed by atoms with Crippen LogP contribution in [-0.2, 0) is 18.2 Å². The van der Waals surface area contributed by atoms with E-state index in [1.165, 1.54) is 0 Å². The van der Waals surface area contributed by atoms with E-state index < -0.39 is 5.60 Å². The van der Waals surface area contributed by atoms with Gasteiger partial charge in [-0.25, -0.2) is 4.79 Å². The van der Waals surface area contributed by atoms with Crippen LogP contribution in [0.25, 0.3) is 0 Å². The fourth-order valence-electron chi connectivity index (χ4n) is 2.92. The van der Waals surface area contributed by atoms with Crippen molar-refractivity contribution in [1.82, 2.24) is 14.7 Å². The second-order valence-electron chi connectivity index (χ2n) is 7.31. The van der Waals surface area contributed by atoms with Gasteiger partial charge in [0.05, 0.1) is 16.4 Å². The Balaban J connectivity index is 1.95. The van der Waals surface area contributed by atoms with E-state index in [1.807, 2.05) is 34.7 Å². The summed E-state index contributed by atoms with van der Waals surface area (Å²) in [4.78, 5) is 13.9. The van der Waals surface area contributed by atoms with Gasteiger partial charge < -0.3 is 15.4 Å². The molecule has 1 saturated heterocycles. The lowest BCUT2D eigenvalue weighted by Crippen LogP contribution is -2.38. The van der Waals surface area contributed by atoms with Crippen LogP contribution in [0, 0.1) is 12.8 Å². The number of hydrogen-bond donors (Lipinski definition) is 1. The minimum absolute atomic E-state index is 0.0604. The largest absolute Gasteiger partial charge is 0.444 e. The summed E-state index contributed by atoms with van der Waals surface area (Å²) in [5.74, 6) is 0.244. The van der Waals surface area contributed by atoms with Gasteiger partial charge in [0.15, 0.2) is 0 Å². The molecule has 2 rings (SSSR count). The summed E-state index contributed by atoms with van der Waals surface area (Å²) in [7, 11) is 1.88. The maximum absolute atomic E-state index is 12.1. The van der Waals surface area contributed by atoms with Crippen molar-refractivity contribution in [2.45, 2.75) is 52.2 Å². The van der Waals surface area contributed by atoms with Crippen LogP contribution in [0.3, 0.4) is 0 Å². The standard InChI is InChI=1S/C16H27ClN4O2/c1-10-14(17)13(20(5)19-10)8-12(18)11-6-7-21(9-11)15(22)23-16(2,3)4/h11-12H,6-9,18H2,1-5H3. The van der Waals surface area contributed by atoms with Gasteiger partial charge in [-0.1, -0.05) is 11.6 Å². The van der Waals surface area contributed by atoms with Crippen LogP contribution in [0.5, 0.6) is 0 Å². The third-order valence-corrected chi connectivity index (χ3v) is 4.66. The molecule has 23 heavy (non-hydrogen) atoms. The third kappa shape index (κ3) is 4.38. The van der Waals surface area contributed by atoms with Crippen molar-refractivity contribution in [1.29, 1.82) is 0 Å². The van der Waals surface area contributed by atoms with E-state index >= 15 is 0 Å². The van der Waals surface area contributed by atoms with Gasteiger partial charge in [0.1, 0.15) is 5.60 Å². The molecule has 1 aromatic rings. The highest BCUT2D eigenvalue weighted by molar-refractivity contribution is 6.31. The Morgan fingerprint density at radius 1 is 1.52 bits per heavy atom. The number of carbonyl (C=O) groups is 1. The minimum atomic E-state index is -0.475. The van der Waals surface area contributed by atoms with Crippen molar-refractivity contribution in [3.05, 3.63) is 16.4 Å². The van der Waals surface area contributed by atoms with Crippen molar-refractivity contribution in [2.24, 2.45) is 18.7 Å². The van der Waals surface area contributed by atoms with Gasteiger partial charge in [-0.3, -0.25) is 4.68 Å². The van der Waals surface area contributed by atoms with E-state index in [9.17, 15) is 4.79 Å². The van der Waals surface area contributed by atoms with Crippen LogP contribution in [0.15, 0.2) is 0 Å². The van der Waals surface area contributed by atoms with Gasteiger partial charge in [-0.15, -0.1) is 0 Å². The summed E-state index contributed by atoms with van der Waals surface area (Å²) < 4.78 is 7.21. The highest BCUT2D eigenvalue weighted by Crippen LogP contribution is 2.26. The Labute approximate surface area is 142 Å². The molecule has 130 valence electrons. The van der Waals surface area contributed by atoms with E-state index in [4.69, 9.17) is 22.1 Å². The third-order valence-electron chi connectivity index (χ3n) is 4.17. The molecule has 1 fully saturated rings. The second kappa shape index (κ2) is 6.69. The molecule has 2 unspecified atom stereocenters. The lowest BCUT2D eigenvalue weighted by Gasteiger charge is -2.25. The van der Waals surface area contributed by atoms with E-state index in [0.29, 0.717) is 24.5 Å². The molecule has 6 nitrogen and oxygen atoms in total. The number of aryl methyl sites for hydroxylation is 2. The molecular formula is C16H27ClN4O2. The quantitative estimate of drug-likeness (QED) is 0.916. The van der Waals surface area contributed by atoms with Gasteiger partial charge in [0.25, 0.3) is 0 Å². The Kier molecular flexibility index (Phi) is 5.26. The molecule has 0 bridgehead atoms. The average Bonchev–Trinajstić information content (AvgIpc) is 2.98. The predicted octanol–water partition coefficient (Wildman–Crippen LogP) is 2.51. The summed E-state index contributed by atoms with van der Waals surface area (Å²) in [6, 6.07) is -0.0604. The maximum atomic E-state index is 12.1. The Bertz CT molecular complexity index is 579. The first-order valence-corrected chi connectivity index (χ1v) is 8.37. The zero-order valence-electron chi connectivity index (χ0n) is 14.6. The van der Waals surface area contributed by atoms with Crippen LogP contribution < -0.4 is 5.73 Å². The van der Waals surface area contributed by atoms with Crippen molar-refractivity contribution >= 4 is 17.7 Å². The molecule has 0 saturated carbocycles. The molecule has 1 aliphatic heterocycles. The summed E-state index contributed by atoms with van der Waals surface area (Å²) in [5.41, 5.74) is 7.66. The highest BCUT2D eigenvalue weighted by Gasteiger charge is 2.33. The molecule has 1 aromatic heterocycles. The van der Waals surface area contributed by atoms with Crippen molar-refractivity contribution in [3.8, 4) is 0 Å². The number of halogens is 1. The smallest absolute Gasteiger partial charge is 0.410 e.